The molecule has 1 atom stereocenters. The predicted octanol–water partition coefficient (Wildman–Crippen LogP) is 20.0. The number of esters is 3. The van der Waals surface area contributed by atoms with Crippen molar-refractivity contribution < 1.29 is 28.6 Å². The highest BCUT2D eigenvalue weighted by atomic mass is 16.6. The van der Waals surface area contributed by atoms with Crippen molar-refractivity contribution >= 4 is 17.9 Å². The quantitative estimate of drug-likeness (QED) is 0.0262. The van der Waals surface area contributed by atoms with E-state index in [-0.39, 0.29) is 31.1 Å². The Morgan fingerprint density at radius 3 is 0.853 bits per heavy atom. The van der Waals surface area contributed by atoms with Crippen molar-refractivity contribution in [3.63, 3.8) is 0 Å². The molecule has 0 saturated carbocycles. The van der Waals surface area contributed by atoms with E-state index in [4.69, 9.17) is 14.2 Å². The summed E-state index contributed by atoms with van der Waals surface area (Å²) in [5, 5.41) is 0. The summed E-state index contributed by atoms with van der Waals surface area (Å²) in [6.07, 6.45) is 68.5. The second kappa shape index (κ2) is 57.2. The first kappa shape index (κ1) is 65.6. The zero-order valence-electron chi connectivity index (χ0n) is 45.6. The molecule has 0 bridgehead atoms. The molecule has 0 aliphatic rings. The number of hydrogen-bond acceptors (Lipinski definition) is 6. The molecule has 0 amide bonds. The van der Waals surface area contributed by atoms with Gasteiger partial charge in [-0.1, -0.05) is 263 Å². The van der Waals surface area contributed by atoms with Crippen LogP contribution in [-0.2, 0) is 28.6 Å². The Kier molecular flexibility index (Phi) is 55.2. The lowest BCUT2D eigenvalue weighted by Crippen LogP contribution is -2.30. The van der Waals surface area contributed by atoms with Crippen molar-refractivity contribution in [1.82, 2.24) is 0 Å². The number of rotatable bonds is 55. The molecule has 0 aliphatic heterocycles. The van der Waals surface area contributed by atoms with Crippen LogP contribution < -0.4 is 0 Å². The van der Waals surface area contributed by atoms with Gasteiger partial charge in [0.15, 0.2) is 6.10 Å². The molecule has 0 heterocycles. The van der Waals surface area contributed by atoms with Gasteiger partial charge in [-0.3, -0.25) is 14.4 Å². The minimum atomic E-state index is -0.776. The minimum absolute atomic E-state index is 0.0753. The summed E-state index contributed by atoms with van der Waals surface area (Å²) in [7, 11) is 0. The second-order valence-corrected chi connectivity index (χ2v) is 20.3. The van der Waals surface area contributed by atoms with Crippen molar-refractivity contribution in [3.8, 4) is 0 Å². The number of unbranched alkanes of at least 4 members (excludes halogenated alkanes) is 38. The van der Waals surface area contributed by atoms with Gasteiger partial charge in [0.05, 0.1) is 0 Å². The maximum Gasteiger partial charge on any atom is 0.306 e. The van der Waals surface area contributed by atoms with Crippen molar-refractivity contribution in [2.45, 2.75) is 329 Å². The molecule has 6 nitrogen and oxygen atoms in total. The molecule has 6 heteroatoms. The summed E-state index contributed by atoms with van der Waals surface area (Å²) in [4.78, 5) is 38.2. The molecule has 0 fully saturated rings. The van der Waals surface area contributed by atoms with Crippen LogP contribution in [0.5, 0.6) is 0 Å². The summed E-state index contributed by atoms with van der Waals surface area (Å²) in [5.74, 6) is -0.870. The standard InChI is InChI=1S/C62H114O6/c1-4-7-10-13-16-19-22-25-28-31-34-37-40-43-46-49-52-55-61(64)67-58-59(57-66-60(63)54-51-48-45-42-39-36-33-30-27-24-21-18-15-12-9-6-3)68-62(65)56-53-50-47-44-41-38-35-32-29-26-23-20-17-14-11-8-5-2/h16,19,25,28,30,33,59H,4-15,17-18,20-24,26-27,29,31-32,34-58H2,1-3H3/b19-16-,28-25-,33-30-/t59-/m1/s1. The predicted molar refractivity (Wildman–Crippen MR) is 293 cm³/mol. The van der Waals surface area contributed by atoms with E-state index < -0.39 is 6.10 Å². The molecule has 0 radical (unpaired) electrons. The Morgan fingerprint density at radius 2 is 0.529 bits per heavy atom. The number of carbonyl (C=O) groups excluding carboxylic acids is 3. The average molecular weight is 956 g/mol. The van der Waals surface area contributed by atoms with E-state index in [1.165, 1.54) is 205 Å². The van der Waals surface area contributed by atoms with Crippen LogP contribution in [0.15, 0.2) is 36.5 Å². The smallest absolute Gasteiger partial charge is 0.306 e. The molecule has 0 spiro atoms. The van der Waals surface area contributed by atoms with Gasteiger partial charge in [0.2, 0.25) is 0 Å². The molecule has 0 aliphatic carbocycles. The number of ether oxygens (including phenoxy) is 3. The van der Waals surface area contributed by atoms with Crippen molar-refractivity contribution in [2.24, 2.45) is 0 Å². The monoisotopic (exact) mass is 955 g/mol. The average Bonchev–Trinajstić information content (AvgIpc) is 3.34. The fraction of sp³-hybridized carbons (Fsp3) is 0.855. The van der Waals surface area contributed by atoms with Gasteiger partial charge in [0.25, 0.3) is 0 Å². The van der Waals surface area contributed by atoms with Gasteiger partial charge < -0.3 is 14.2 Å². The normalized spacial score (nSPS) is 12.2. The second-order valence-electron chi connectivity index (χ2n) is 20.3. The summed E-state index contributed by atoms with van der Waals surface area (Å²) in [5.41, 5.74) is 0. The number of allylic oxidation sites excluding steroid dienone is 6. The first-order valence-corrected chi connectivity index (χ1v) is 30.0. The van der Waals surface area contributed by atoms with Gasteiger partial charge in [-0.2, -0.15) is 0 Å². The van der Waals surface area contributed by atoms with E-state index in [2.05, 4.69) is 57.2 Å². The summed E-state index contributed by atoms with van der Waals surface area (Å²) in [6, 6.07) is 0. The Bertz CT molecular complexity index is 1140. The van der Waals surface area contributed by atoms with E-state index in [0.29, 0.717) is 19.3 Å². The van der Waals surface area contributed by atoms with Crippen LogP contribution in [0.3, 0.4) is 0 Å². The molecule has 0 rings (SSSR count). The van der Waals surface area contributed by atoms with Gasteiger partial charge in [-0.15, -0.1) is 0 Å². The third-order valence-electron chi connectivity index (χ3n) is 13.4. The number of carbonyl (C=O) groups is 3. The third-order valence-corrected chi connectivity index (χ3v) is 13.4. The van der Waals surface area contributed by atoms with Crippen molar-refractivity contribution in [2.75, 3.05) is 13.2 Å². The van der Waals surface area contributed by atoms with Crippen molar-refractivity contribution in [3.05, 3.63) is 36.5 Å². The van der Waals surface area contributed by atoms with Crippen LogP contribution in [0.2, 0.25) is 0 Å². The molecule has 0 unspecified atom stereocenters. The van der Waals surface area contributed by atoms with Crippen LogP contribution in [0.1, 0.15) is 323 Å². The lowest BCUT2D eigenvalue weighted by Gasteiger charge is -2.18. The van der Waals surface area contributed by atoms with E-state index in [0.717, 1.165) is 77.0 Å². The van der Waals surface area contributed by atoms with Crippen LogP contribution >= 0.6 is 0 Å². The Labute approximate surface area is 423 Å². The van der Waals surface area contributed by atoms with E-state index in [9.17, 15) is 14.4 Å². The van der Waals surface area contributed by atoms with Crippen LogP contribution in [0.4, 0.5) is 0 Å². The highest BCUT2D eigenvalue weighted by Crippen LogP contribution is 2.17. The lowest BCUT2D eigenvalue weighted by atomic mass is 10.0. The fourth-order valence-electron chi connectivity index (χ4n) is 8.82. The zero-order chi connectivity index (χ0) is 49.3. The highest BCUT2D eigenvalue weighted by Gasteiger charge is 2.19. The Morgan fingerprint density at radius 1 is 0.294 bits per heavy atom. The molecule has 0 saturated heterocycles. The van der Waals surface area contributed by atoms with Gasteiger partial charge in [-0.25, -0.2) is 0 Å². The molecular weight excluding hydrogens is 841 g/mol. The SMILES string of the molecule is CCCCC/C=C\C/C=C\CCCCCCCCCC(=O)OC[C@@H](COC(=O)CCCCCCC/C=C\CCCCCCCCC)OC(=O)CCCCCCCCCCCCCCCCCCC. The summed E-state index contributed by atoms with van der Waals surface area (Å²) >= 11 is 0. The molecule has 0 aromatic rings. The zero-order valence-corrected chi connectivity index (χ0v) is 45.6. The van der Waals surface area contributed by atoms with Crippen LogP contribution in [-0.4, -0.2) is 37.2 Å². The van der Waals surface area contributed by atoms with Crippen molar-refractivity contribution in [1.29, 1.82) is 0 Å². The lowest BCUT2D eigenvalue weighted by molar-refractivity contribution is -0.167. The first-order valence-electron chi connectivity index (χ1n) is 30.0. The molecule has 68 heavy (non-hydrogen) atoms. The molecular formula is C62H114O6. The molecule has 0 aromatic heterocycles. The molecule has 398 valence electrons. The fourth-order valence-corrected chi connectivity index (χ4v) is 8.82. The molecule has 0 aromatic carbocycles. The third kappa shape index (κ3) is 54.6. The van der Waals surface area contributed by atoms with E-state index >= 15 is 0 Å². The van der Waals surface area contributed by atoms with Gasteiger partial charge in [0.1, 0.15) is 13.2 Å². The van der Waals surface area contributed by atoms with Gasteiger partial charge in [-0.05, 0) is 77.0 Å². The molecule has 0 N–H and O–H groups in total. The van der Waals surface area contributed by atoms with E-state index in [1.807, 2.05) is 0 Å². The maximum absolute atomic E-state index is 12.9. The van der Waals surface area contributed by atoms with Crippen LogP contribution in [0.25, 0.3) is 0 Å². The highest BCUT2D eigenvalue weighted by molar-refractivity contribution is 5.71. The van der Waals surface area contributed by atoms with Gasteiger partial charge >= 0.3 is 17.9 Å². The van der Waals surface area contributed by atoms with E-state index in [1.54, 1.807) is 0 Å². The first-order chi connectivity index (χ1) is 33.5. The van der Waals surface area contributed by atoms with Crippen LogP contribution in [0, 0.1) is 0 Å². The Hall–Kier alpha value is -2.37. The minimum Gasteiger partial charge on any atom is -0.462 e. The number of hydrogen-bond donors (Lipinski definition) is 0. The largest absolute Gasteiger partial charge is 0.462 e. The maximum atomic E-state index is 12.9. The summed E-state index contributed by atoms with van der Waals surface area (Å²) < 4.78 is 16.9. The summed E-state index contributed by atoms with van der Waals surface area (Å²) in [6.45, 7) is 6.65. The Balaban J connectivity index is 4.36. The topological polar surface area (TPSA) is 78.9 Å². The van der Waals surface area contributed by atoms with Gasteiger partial charge in [0, 0.05) is 19.3 Å².